The number of rotatable bonds is 1. The van der Waals surface area contributed by atoms with E-state index >= 15 is 0 Å². The van der Waals surface area contributed by atoms with Crippen LogP contribution in [-0.4, -0.2) is 23.3 Å². The molecule has 0 radical (unpaired) electrons. The number of carbonyl (C=O) groups is 1. The minimum absolute atomic E-state index is 0.0558. The van der Waals surface area contributed by atoms with E-state index < -0.39 is 5.60 Å². The Bertz CT molecular complexity index is 350. The average molecular weight is 254 g/mol. The first-order chi connectivity index (χ1) is 8.22. The van der Waals surface area contributed by atoms with Crippen LogP contribution < -0.4 is 0 Å². The molecule has 0 aromatic rings. The largest absolute Gasteiger partial charge is 0.456 e. The number of ether oxygens (including phenoxy) is 2. The standard InChI is InChI=1S/C15H26O3/c1-11-7-10-15(17-11)13(3,4)8-6-9-14(15,5)18-12(2)16/h11H,6-10H2,1-5H3/t11-,14+,15-/m0/s1. The Balaban J connectivity index is 2.40. The Morgan fingerprint density at radius 1 is 1.22 bits per heavy atom. The lowest BCUT2D eigenvalue weighted by Crippen LogP contribution is -2.64. The fourth-order valence-corrected chi connectivity index (χ4v) is 4.19. The molecule has 0 bridgehead atoms. The van der Waals surface area contributed by atoms with Gasteiger partial charge >= 0.3 is 5.97 Å². The quantitative estimate of drug-likeness (QED) is 0.672. The normalized spacial score (nSPS) is 43.1. The van der Waals surface area contributed by atoms with Crippen molar-refractivity contribution < 1.29 is 14.3 Å². The van der Waals surface area contributed by atoms with Crippen molar-refractivity contribution in [1.82, 2.24) is 0 Å². The molecule has 0 aromatic carbocycles. The van der Waals surface area contributed by atoms with Crippen molar-refractivity contribution in [3.63, 3.8) is 0 Å². The summed E-state index contributed by atoms with van der Waals surface area (Å²) >= 11 is 0. The highest BCUT2D eigenvalue weighted by Crippen LogP contribution is 2.58. The number of hydrogen-bond donors (Lipinski definition) is 0. The SMILES string of the molecule is CC(=O)O[C@]1(C)CCCC(C)(C)[C@@]12CC[C@H](C)O2. The Labute approximate surface area is 110 Å². The summed E-state index contributed by atoms with van der Waals surface area (Å²) in [5.74, 6) is -0.197. The van der Waals surface area contributed by atoms with Gasteiger partial charge in [-0.15, -0.1) is 0 Å². The molecule has 2 rings (SSSR count). The first-order valence-corrected chi connectivity index (χ1v) is 7.10. The summed E-state index contributed by atoms with van der Waals surface area (Å²) in [6, 6.07) is 0. The second-order valence-corrected chi connectivity index (χ2v) is 6.86. The molecule has 1 saturated carbocycles. The third-order valence-corrected chi connectivity index (χ3v) is 5.08. The highest BCUT2D eigenvalue weighted by molar-refractivity contribution is 5.66. The van der Waals surface area contributed by atoms with Crippen LogP contribution in [-0.2, 0) is 14.3 Å². The molecule has 3 heteroatoms. The minimum Gasteiger partial charge on any atom is -0.456 e. The fourth-order valence-electron chi connectivity index (χ4n) is 4.19. The molecule has 1 saturated heterocycles. The Kier molecular flexibility index (Phi) is 3.25. The molecule has 18 heavy (non-hydrogen) atoms. The highest BCUT2D eigenvalue weighted by Gasteiger charge is 2.64. The van der Waals surface area contributed by atoms with E-state index in [2.05, 4.69) is 27.7 Å². The van der Waals surface area contributed by atoms with Crippen molar-refractivity contribution in [3.8, 4) is 0 Å². The molecule has 0 amide bonds. The van der Waals surface area contributed by atoms with Gasteiger partial charge < -0.3 is 9.47 Å². The Hall–Kier alpha value is -0.570. The average Bonchev–Trinajstić information content (AvgIpc) is 2.59. The molecule has 0 aromatic heterocycles. The van der Waals surface area contributed by atoms with Crippen molar-refractivity contribution in [2.75, 3.05) is 0 Å². The third kappa shape index (κ3) is 1.87. The van der Waals surface area contributed by atoms with Crippen LogP contribution in [0, 0.1) is 5.41 Å². The van der Waals surface area contributed by atoms with E-state index in [4.69, 9.17) is 9.47 Å². The van der Waals surface area contributed by atoms with Gasteiger partial charge in [-0.3, -0.25) is 4.79 Å². The Morgan fingerprint density at radius 2 is 1.89 bits per heavy atom. The van der Waals surface area contributed by atoms with Crippen LogP contribution in [0.4, 0.5) is 0 Å². The zero-order valence-electron chi connectivity index (χ0n) is 12.3. The van der Waals surface area contributed by atoms with Gasteiger partial charge in [-0.05, 0) is 51.4 Å². The molecular weight excluding hydrogens is 228 g/mol. The van der Waals surface area contributed by atoms with Gasteiger partial charge in [0.2, 0.25) is 0 Å². The molecule has 1 heterocycles. The van der Waals surface area contributed by atoms with Crippen molar-refractivity contribution >= 4 is 5.97 Å². The molecule has 1 spiro atoms. The number of esters is 1. The van der Waals surface area contributed by atoms with E-state index in [1.165, 1.54) is 6.92 Å². The van der Waals surface area contributed by atoms with Crippen LogP contribution in [0.3, 0.4) is 0 Å². The summed E-state index contributed by atoms with van der Waals surface area (Å²) in [5, 5.41) is 0. The van der Waals surface area contributed by atoms with Crippen LogP contribution in [0.2, 0.25) is 0 Å². The maximum atomic E-state index is 11.5. The topological polar surface area (TPSA) is 35.5 Å². The van der Waals surface area contributed by atoms with Crippen molar-refractivity contribution in [3.05, 3.63) is 0 Å². The highest BCUT2D eigenvalue weighted by atomic mass is 16.6. The second-order valence-electron chi connectivity index (χ2n) is 6.86. The predicted molar refractivity (Wildman–Crippen MR) is 70.3 cm³/mol. The van der Waals surface area contributed by atoms with Gasteiger partial charge in [0, 0.05) is 6.92 Å². The van der Waals surface area contributed by atoms with Gasteiger partial charge in [-0.25, -0.2) is 0 Å². The van der Waals surface area contributed by atoms with Crippen LogP contribution >= 0.6 is 0 Å². The van der Waals surface area contributed by atoms with E-state index in [9.17, 15) is 4.79 Å². The summed E-state index contributed by atoms with van der Waals surface area (Å²) in [4.78, 5) is 11.5. The number of hydrogen-bond acceptors (Lipinski definition) is 3. The summed E-state index contributed by atoms with van der Waals surface area (Å²) in [7, 11) is 0. The van der Waals surface area contributed by atoms with E-state index in [0.29, 0.717) is 0 Å². The fraction of sp³-hybridized carbons (Fsp3) is 0.933. The van der Waals surface area contributed by atoms with Gasteiger partial charge in [0.1, 0.15) is 11.2 Å². The molecule has 1 aliphatic heterocycles. The minimum atomic E-state index is -0.481. The monoisotopic (exact) mass is 254 g/mol. The summed E-state index contributed by atoms with van der Waals surface area (Å²) in [5.41, 5.74) is -0.741. The summed E-state index contributed by atoms with van der Waals surface area (Å²) in [6.45, 7) is 10.2. The molecule has 2 aliphatic rings. The summed E-state index contributed by atoms with van der Waals surface area (Å²) < 4.78 is 12.1. The molecule has 0 unspecified atom stereocenters. The van der Waals surface area contributed by atoms with Gasteiger partial charge in [0.25, 0.3) is 0 Å². The zero-order chi connectivity index (χ0) is 13.6. The van der Waals surface area contributed by atoms with Crippen LogP contribution in [0.15, 0.2) is 0 Å². The lowest BCUT2D eigenvalue weighted by Gasteiger charge is -2.57. The van der Waals surface area contributed by atoms with Gasteiger partial charge in [-0.2, -0.15) is 0 Å². The molecule has 3 nitrogen and oxygen atoms in total. The molecule has 104 valence electrons. The van der Waals surface area contributed by atoms with E-state index in [1.54, 1.807) is 0 Å². The second kappa shape index (κ2) is 4.22. The van der Waals surface area contributed by atoms with Crippen LogP contribution in [0.5, 0.6) is 0 Å². The van der Waals surface area contributed by atoms with Gasteiger partial charge in [-0.1, -0.05) is 13.8 Å². The number of carbonyl (C=O) groups excluding carboxylic acids is 1. The molecular formula is C15H26O3. The van der Waals surface area contributed by atoms with Crippen LogP contribution in [0.1, 0.15) is 66.7 Å². The lowest BCUT2D eigenvalue weighted by molar-refractivity contribution is -0.251. The Morgan fingerprint density at radius 3 is 2.39 bits per heavy atom. The first kappa shape index (κ1) is 13.9. The maximum absolute atomic E-state index is 11.5. The third-order valence-electron chi connectivity index (χ3n) is 5.08. The van der Waals surface area contributed by atoms with Crippen LogP contribution in [0.25, 0.3) is 0 Å². The molecule has 2 fully saturated rings. The lowest BCUT2D eigenvalue weighted by atomic mass is 9.57. The summed E-state index contributed by atoms with van der Waals surface area (Å²) in [6.07, 6.45) is 5.44. The predicted octanol–water partition coefficient (Wildman–Crippen LogP) is 3.46. The molecule has 0 N–H and O–H groups in total. The maximum Gasteiger partial charge on any atom is 0.303 e. The van der Waals surface area contributed by atoms with E-state index in [-0.39, 0.29) is 23.1 Å². The van der Waals surface area contributed by atoms with Crippen molar-refractivity contribution in [1.29, 1.82) is 0 Å². The first-order valence-electron chi connectivity index (χ1n) is 7.10. The van der Waals surface area contributed by atoms with Gasteiger partial charge in [0.15, 0.2) is 0 Å². The zero-order valence-corrected chi connectivity index (χ0v) is 12.3. The van der Waals surface area contributed by atoms with Crippen molar-refractivity contribution in [2.24, 2.45) is 5.41 Å². The smallest absolute Gasteiger partial charge is 0.303 e. The van der Waals surface area contributed by atoms with Crippen molar-refractivity contribution in [2.45, 2.75) is 84.0 Å². The van der Waals surface area contributed by atoms with E-state index in [1.807, 2.05) is 0 Å². The van der Waals surface area contributed by atoms with Gasteiger partial charge in [0.05, 0.1) is 6.10 Å². The van der Waals surface area contributed by atoms with E-state index in [0.717, 1.165) is 32.1 Å². The molecule has 1 aliphatic carbocycles. The molecule has 3 atom stereocenters.